The number of carbonyl (C=O) groups is 1. The highest BCUT2D eigenvalue weighted by Crippen LogP contribution is 2.14. The fourth-order valence-corrected chi connectivity index (χ4v) is 3.14. The first-order valence-electron chi connectivity index (χ1n) is 9.83. The summed E-state index contributed by atoms with van der Waals surface area (Å²) >= 11 is 0. The van der Waals surface area contributed by atoms with Gasteiger partial charge in [0.2, 0.25) is 5.91 Å². The van der Waals surface area contributed by atoms with Crippen LogP contribution >= 0.6 is 0 Å². The lowest BCUT2D eigenvalue weighted by Crippen LogP contribution is -2.49. The van der Waals surface area contributed by atoms with Crippen molar-refractivity contribution in [2.45, 2.75) is 13.3 Å². The van der Waals surface area contributed by atoms with Gasteiger partial charge in [0, 0.05) is 44.5 Å². The van der Waals surface area contributed by atoms with E-state index in [0.29, 0.717) is 69.2 Å². The van der Waals surface area contributed by atoms with Gasteiger partial charge in [-0.3, -0.25) is 9.59 Å². The maximum atomic E-state index is 12.4. The Balaban J connectivity index is 1.31. The minimum Gasteiger partial charge on any atom is -0.381 e. The molecule has 0 bridgehead atoms. The molecule has 3 rings (SSSR count). The van der Waals surface area contributed by atoms with E-state index in [2.05, 4.69) is 31.5 Å². The molecular formula is C20H25N7O3. The number of carbonyl (C=O) groups excluding carboxylic acids is 1. The van der Waals surface area contributed by atoms with Gasteiger partial charge in [0.15, 0.2) is 0 Å². The summed E-state index contributed by atoms with van der Waals surface area (Å²) in [7, 11) is 0. The SMILES string of the molecule is Cc1c(NCCOCCC(=O)N2CCN(c3ccc(C#N)cn3)CC2)cn[nH]c1=O. The van der Waals surface area contributed by atoms with Gasteiger partial charge in [-0.05, 0) is 19.1 Å². The zero-order valence-electron chi connectivity index (χ0n) is 16.9. The van der Waals surface area contributed by atoms with Gasteiger partial charge in [0.05, 0.1) is 37.1 Å². The monoisotopic (exact) mass is 411 g/mol. The lowest BCUT2D eigenvalue weighted by atomic mass is 10.2. The number of rotatable bonds is 8. The van der Waals surface area contributed by atoms with Gasteiger partial charge >= 0.3 is 0 Å². The van der Waals surface area contributed by atoms with Crippen LogP contribution in [0.3, 0.4) is 0 Å². The number of H-pyrrole nitrogens is 1. The van der Waals surface area contributed by atoms with Crippen LogP contribution in [0.25, 0.3) is 0 Å². The van der Waals surface area contributed by atoms with Gasteiger partial charge < -0.3 is 19.9 Å². The second-order valence-electron chi connectivity index (χ2n) is 6.91. The molecule has 0 atom stereocenters. The van der Waals surface area contributed by atoms with Crippen LogP contribution in [-0.4, -0.2) is 71.9 Å². The molecule has 0 aliphatic carbocycles. The minimum atomic E-state index is -0.221. The number of pyridine rings is 1. The average molecular weight is 411 g/mol. The number of aromatic amines is 1. The van der Waals surface area contributed by atoms with E-state index in [0.717, 1.165) is 5.82 Å². The Labute approximate surface area is 174 Å². The molecule has 158 valence electrons. The zero-order valence-corrected chi connectivity index (χ0v) is 16.9. The lowest BCUT2D eigenvalue weighted by Gasteiger charge is -2.35. The van der Waals surface area contributed by atoms with Crippen LogP contribution in [0.2, 0.25) is 0 Å². The van der Waals surface area contributed by atoms with Crippen LogP contribution in [0.1, 0.15) is 17.5 Å². The predicted molar refractivity (Wildman–Crippen MR) is 111 cm³/mol. The highest BCUT2D eigenvalue weighted by Gasteiger charge is 2.21. The van der Waals surface area contributed by atoms with Gasteiger partial charge in [-0.15, -0.1) is 0 Å². The Bertz CT molecular complexity index is 944. The third kappa shape index (κ3) is 5.55. The Morgan fingerprint density at radius 2 is 2.07 bits per heavy atom. The van der Waals surface area contributed by atoms with E-state index in [-0.39, 0.29) is 11.5 Å². The molecule has 10 heteroatoms. The second-order valence-corrected chi connectivity index (χ2v) is 6.91. The van der Waals surface area contributed by atoms with E-state index in [9.17, 15) is 9.59 Å². The summed E-state index contributed by atoms with van der Waals surface area (Å²) in [6.07, 6.45) is 3.46. The van der Waals surface area contributed by atoms with Crippen molar-refractivity contribution in [3.05, 3.63) is 46.0 Å². The third-order valence-corrected chi connectivity index (χ3v) is 4.96. The van der Waals surface area contributed by atoms with Crippen molar-refractivity contribution < 1.29 is 9.53 Å². The molecule has 30 heavy (non-hydrogen) atoms. The molecule has 3 heterocycles. The fraction of sp³-hybridized carbons (Fsp3) is 0.450. The quantitative estimate of drug-likeness (QED) is 0.602. The molecule has 0 saturated carbocycles. The van der Waals surface area contributed by atoms with Crippen LogP contribution in [0.5, 0.6) is 0 Å². The number of amides is 1. The van der Waals surface area contributed by atoms with Crippen LogP contribution in [0.4, 0.5) is 11.5 Å². The second kappa shape index (κ2) is 10.4. The number of nitrogens with one attached hydrogen (secondary N) is 2. The molecular weight excluding hydrogens is 386 g/mol. The molecule has 1 amide bonds. The third-order valence-electron chi connectivity index (χ3n) is 4.96. The highest BCUT2D eigenvalue weighted by molar-refractivity contribution is 5.76. The summed E-state index contributed by atoms with van der Waals surface area (Å²) < 4.78 is 5.54. The van der Waals surface area contributed by atoms with E-state index < -0.39 is 0 Å². The van der Waals surface area contributed by atoms with Crippen molar-refractivity contribution in [3.8, 4) is 6.07 Å². The lowest BCUT2D eigenvalue weighted by molar-refractivity contribution is -0.132. The number of anilines is 2. The summed E-state index contributed by atoms with van der Waals surface area (Å²) in [5.41, 5.74) is 1.57. The first-order valence-corrected chi connectivity index (χ1v) is 9.83. The summed E-state index contributed by atoms with van der Waals surface area (Å²) in [4.78, 5) is 32.1. The smallest absolute Gasteiger partial charge is 0.269 e. The number of ether oxygens (including phenoxy) is 1. The fourth-order valence-electron chi connectivity index (χ4n) is 3.14. The van der Waals surface area contributed by atoms with Gasteiger partial charge in [-0.1, -0.05) is 0 Å². The van der Waals surface area contributed by atoms with Gasteiger partial charge in [-0.2, -0.15) is 10.4 Å². The number of aromatic nitrogens is 3. The van der Waals surface area contributed by atoms with E-state index >= 15 is 0 Å². The van der Waals surface area contributed by atoms with Crippen molar-refractivity contribution in [2.75, 3.05) is 56.2 Å². The predicted octanol–water partition coefficient (Wildman–Crippen LogP) is 0.512. The van der Waals surface area contributed by atoms with Crippen LogP contribution in [-0.2, 0) is 9.53 Å². The van der Waals surface area contributed by atoms with Crippen molar-refractivity contribution in [2.24, 2.45) is 0 Å². The Kier molecular flexibility index (Phi) is 7.34. The van der Waals surface area contributed by atoms with Crippen LogP contribution < -0.4 is 15.8 Å². The zero-order chi connectivity index (χ0) is 21.3. The molecule has 2 aromatic rings. The maximum absolute atomic E-state index is 12.4. The molecule has 1 aliphatic rings. The molecule has 0 spiro atoms. The van der Waals surface area contributed by atoms with E-state index in [1.54, 1.807) is 25.4 Å². The van der Waals surface area contributed by atoms with Gasteiger partial charge in [-0.25, -0.2) is 10.1 Å². The van der Waals surface area contributed by atoms with Crippen LogP contribution in [0, 0.1) is 18.3 Å². The molecule has 0 unspecified atom stereocenters. The molecule has 10 nitrogen and oxygen atoms in total. The molecule has 0 radical (unpaired) electrons. The van der Waals surface area contributed by atoms with Gasteiger partial charge in [0.25, 0.3) is 5.56 Å². The first-order chi connectivity index (χ1) is 14.6. The molecule has 2 N–H and O–H groups in total. The van der Waals surface area contributed by atoms with Crippen molar-refractivity contribution in [3.63, 3.8) is 0 Å². The standard InChI is InChI=1S/C20H25N7O3/c1-15-17(14-24-25-20(15)29)22-5-11-30-10-4-19(28)27-8-6-26(7-9-27)18-3-2-16(12-21)13-23-18/h2-3,13-14H,4-11H2,1H3,(H2,22,25,29). The Hall–Kier alpha value is -3.45. The molecule has 1 saturated heterocycles. The van der Waals surface area contributed by atoms with Crippen LogP contribution in [0.15, 0.2) is 29.3 Å². The number of hydrogen-bond donors (Lipinski definition) is 2. The topological polar surface area (TPSA) is 127 Å². The Morgan fingerprint density at radius 3 is 2.77 bits per heavy atom. The number of nitrogens with zero attached hydrogens (tertiary/aromatic N) is 5. The van der Waals surface area contributed by atoms with E-state index in [1.165, 1.54) is 0 Å². The number of hydrogen-bond acceptors (Lipinski definition) is 8. The molecule has 2 aromatic heterocycles. The molecule has 0 aromatic carbocycles. The summed E-state index contributed by atoms with van der Waals surface area (Å²) in [5.74, 6) is 0.896. The normalized spacial score (nSPS) is 13.7. The summed E-state index contributed by atoms with van der Waals surface area (Å²) in [6.45, 7) is 5.71. The van der Waals surface area contributed by atoms with E-state index in [1.807, 2.05) is 11.0 Å². The number of piperazine rings is 1. The Morgan fingerprint density at radius 1 is 1.27 bits per heavy atom. The average Bonchev–Trinajstić information content (AvgIpc) is 2.79. The highest BCUT2D eigenvalue weighted by atomic mass is 16.5. The van der Waals surface area contributed by atoms with E-state index in [4.69, 9.17) is 10.00 Å². The van der Waals surface area contributed by atoms with Crippen molar-refractivity contribution in [1.29, 1.82) is 5.26 Å². The van der Waals surface area contributed by atoms with Crippen molar-refractivity contribution >= 4 is 17.4 Å². The molecule has 1 aliphatic heterocycles. The van der Waals surface area contributed by atoms with Gasteiger partial charge in [0.1, 0.15) is 11.9 Å². The van der Waals surface area contributed by atoms with Crippen molar-refractivity contribution in [1.82, 2.24) is 20.1 Å². The summed E-state index contributed by atoms with van der Waals surface area (Å²) in [5, 5.41) is 18.1. The first kappa shape index (κ1) is 21.3. The maximum Gasteiger partial charge on any atom is 0.269 e. The minimum absolute atomic E-state index is 0.0741. The summed E-state index contributed by atoms with van der Waals surface area (Å²) in [6, 6.07) is 5.64. The number of nitriles is 1. The molecule has 1 fully saturated rings. The largest absolute Gasteiger partial charge is 0.381 e.